The molecule has 0 fully saturated rings. The van der Waals surface area contributed by atoms with E-state index in [2.05, 4.69) is 19.9 Å². The van der Waals surface area contributed by atoms with Crippen molar-refractivity contribution in [3.05, 3.63) is 54.6 Å². The van der Waals surface area contributed by atoms with Crippen LogP contribution in [0.3, 0.4) is 0 Å². The van der Waals surface area contributed by atoms with Crippen molar-refractivity contribution in [3.63, 3.8) is 0 Å². The lowest BCUT2D eigenvalue weighted by Gasteiger charge is -2.10. The van der Waals surface area contributed by atoms with Gasteiger partial charge in [-0.3, -0.25) is 0 Å². The Bertz CT molecular complexity index is 835. The van der Waals surface area contributed by atoms with Gasteiger partial charge in [-0.2, -0.15) is 13.2 Å². The summed E-state index contributed by atoms with van der Waals surface area (Å²) in [7, 11) is 0. The molecule has 24 heavy (non-hydrogen) atoms. The third-order valence-corrected chi connectivity index (χ3v) is 3.01. The SMILES string of the molecule is Nc1ncc(-c2nccnc2Oc2ccc(C(F)(F)F)cc2)cn1. The Morgan fingerprint density at radius 3 is 2.12 bits per heavy atom. The van der Waals surface area contributed by atoms with Gasteiger partial charge in [0.25, 0.3) is 0 Å². The first kappa shape index (κ1) is 15.7. The van der Waals surface area contributed by atoms with Crippen LogP contribution in [0.15, 0.2) is 49.1 Å². The Morgan fingerprint density at radius 1 is 0.875 bits per heavy atom. The predicted octanol–water partition coefficient (Wildman–Crippen LogP) is 3.33. The van der Waals surface area contributed by atoms with Crippen molar-refractivity contribution in [2.24, 2.45) is 0 Å². The van der Waals surface area contributed by atoms with Gasteiger partial charge in [0.1, 0.15) is 11.4 Å². The van der Waals surface area contributed by atoms with Gasteiger partial charge in [-0.05, 0) is 24.3 Å². The zero-order valence-electron chi connectivity index (χ0n) is 12.0. The molecule has 9 heteroatoms. The summed E-state index contributed by atoms with van der Waals surface area (Å²) in [5.74, 6) is 0.416. The first-order valence-electron chi connectivity index (χ1n) is 6.67. The van der Waals surface area contributed by atoms with E-state index in [4.69, 9.17) is 10.5 Å². The van der Waals surface area contributed by atoms with Crippen molar-refractivity contribution in [1.29, 1.82) is 0 Å². The van der Waals surface area contributed by atoms with E-state index in [1.807, 2.05) is 0 Å². The van der Waals surface area contributed by atoms with Crippen LogP contribution in [0.1, 0.15) is 5.56 Å². The molecule has 0 amide bonds. The molecule has 6 nitrogen and oxygen atoms in total. The van der Waals surface area contributed by atoms with Gasteiger partial charge in [0, 0.05) is 30.4 Å². The Labute approximate surface area is 134 Å². The zero-order valence-corrected chi connectivity index (χ0v) is 12.0. The highest BCUT2D eigenvalue weighted by Gasteiger charge is 2.30. The van der Waals surface area contributed by atoms with Gasteiger partial charge >= 0.3 is 6.18 Å². The Kier molecular flexibility index (Phi) is 3.98. The molecule has 0 aliphatic rings. The van der Waals surface area contributed by atoms with Crippen molar-refractivity contribution in [1.82, 2.24) is 19.9 Å². The van der Waals surface area contributed by atoms with E-state index in [0.717, 1.165) is 12.1 Å². The molecule has 0 saturated carbocycles. The molecule has 0 aliphatic heterocycles. The van der Waals surface area contributed by atoms with Crippen LogP contribution in [-0.2, 0) is 6.18 Å². The summed E-state index contributed by atoms with van der Waals surface area (Å²) in [5, 5.41) is 0. The van der Waals surface area contributed by atoms with Crippen LogP contribution < -0.4 is 10.5 Å². The fourth-order valence-corrected chi connectivity index (χ4v) is 1.88. The van der Waals surface area contributed by atoms with Crippen LogP contribution in [0.25, 0.3) is 11.3 Å². The smallest absolute Gasteiger partial charge is 0.416 e. The minimum Gasteiger partial charge on any atom is -0.437 e. The van der Waals surface area contributed by atoms with E-state index in [1.54, 1.807) is 0 Å². The van der Waals surface area contributed by atoms with Gasteiger partial charge in [0.05, 0.1) is 5.56 Å². The number of halogens is 3. The molecule has 2 heterocycles. The largest absolute Gasteiger partial charge is 0.437 e. The van der Waals surface area contributed by atoms with Crippen molar-refractivity contribution >= 4 is 5.95 Å². The summed E-state index contributed by atoms with van der Waals surface area (Å²) in [6.45, 7) is 0. The second kappa shape index (κ2) is 6.11. The van der Waals surface area contributed by atoms with E-state index in [9.17, 15) is 13.2 Å². The average Bonchev–Trinajstić information content (AvgIpc) is 2.56. The number of hydrogen-bond donors (Lipinski definition) is 1. The van der Waals surface area contributed by atoms with Crippen LogP contribution >= 0.6 is 0 Å². The van der Waals surface area contributed by atoms with Gasteiger partial charge in [0.15, 0.2) is 0 Å². The number of nitrogens with zero attached hydrogens (tertiary/aromatic N) is 4. The lowest BCUT2D eigenvalue weighted by Crippen LogP contribution is -2.04. The molecule has 3 aromatic rings. The Balaban J connectivity index is 1.89. The standard InChI is InChI=1S/C15H10F3N5O/c16-15(17,18)10-1-3-11(4-2-10)24-13-12(20-5-6-21-13)9-7-22-14(19)23-8-9/h1-8H,(H2,19,22,23). The third-order valence-electron chi connectivity index (χ3n) is 3.01. The quantitative estimate of drug-likeness (QED) is 0.791. The van der Waals surface area contributed by atoms with Crippen LogP contribution in [0.5, 0.6) is 11.6 Å². The van der Waals surface area contributed by atoms with Crippen LogP contribution in [-0.4, -0.2) is 19.9 Å². The van der Waals surface area contributed by atoms with Gasteiger partial charge in [0.2, 0.25) is 11.8 Å². The summed E-state index contributed by atoms with van der Waals surface area (Å²) in [6, 6.07) is 4.27. The number of hydrogen-bond acceptors (Lipinski definition) is 6. The second-order valence-electron chi connectivity index (χ2n) is 4.66. The summed E-state index contributed by atoms with van der Waals surface area (Å²) in [5.41, 5.74) is 5.53. The topological polar surface area (TPSA) is 86.8 Å². The molecule has 0 unspecified atom stereocenters. The lowest BCUT2D eigenvalue weighted by atomic mass is 10.2. The lowest BCUT2D eigenvalue weighted by molar-refractivity contribution is -0.137. The molecule has 1 aromatic carbocycles. The Hall–Kier alpha value is -3.23. The number of ether oxygens (including phenoxy) is 1. The maximum atomic E-state index is 12.6. The van der Waals surface area contributed by atoms with Gasteiger partial charge in [-0.15, -0.1) is 0 Å². The van der Waals surface area contributed by atoms with Crippen molar-refractivity contribution in [2.45, 2.75) is 6.18 Å². The summed E-state index contributed by atoms with van der Waals surface area (Å²) in [4.78, 5) is 15.9. The van der Waals surface area contributed by atoms with Crippen LogP contribution in [0.2, 0.25) is 0 Å². The number of nitrogen functional groups attached to an aromatic ring is 1. The Morgan fingerprint density at radius 2 is 1.50 bits per heavy atom. The highest BCUT2D eigenvalue weighted by atomic mass is 19.4. The molecular formula is C15H10F3N5O. The molecule has 2 aromatic heterocycles. The third kappa shape index (κ3) is 3.40. The van der Waals surface area contributed by atoms with E-state index in [0.29, 0.717) is 11.3 Å². The van der Waals surface area contributed by atoms with Crippen molar-refractivity contribution < 1.29 is 17.9 Å². The van der Waals surface area contributed by atoms with E-state index in [-0.39, 0.29) is 17.6 Å². The number of benzene rings is 1. The molecule has 2 N–H and O–H groups in total. The number of rotatable bonds is 3. The summed E-state index contributed by atoms with van der Waals surface area (Å²) in [6.07, 6.45) is 1.35. The summed E-state index contributed by atoms with van der Waals surface area (Å²) >= 11 is 0. The number of nitrogens with two attached hydrogens (primary N) is 1. The fourth-order valence-electron chi connectivity index (χ4n) is 1.88. The number of alkyl halides is 3. The van der Waals surface area contributed by atoms with E-state index >= 15 is 0 Å². The predicted molar refractivity (Wildman–Crippen MR) is 79.0 cm³/mol. The minimum atomic E-state index is -4.41. The normalized spacial score (nSPS) is 11.3. The van der Waals surface area contributed by atoms with Crippen LogP contribution in [0, 0.1) is 0 Å². The minimum absolute atomic E-state index is 0.104. The van der Waals surface area contributed by atoms with Gasteiger partial charge in [-0.25, -0.2) is 19.9 Å². The summed E-state index contributed by atoms with van der Waals surface area (Å²) < 4.78 is 43.3. The molecule has 0 spiro atoms. The van der Waals surface area contributed by atoms with Crippen molar-refractivity contribution in [3.8, 4) is 22.9 Å². The second-order valence-corrected chi connectivity index (χ2v) is 4.66. The molecular weight excluding hydrogens is 323 g/mol. The molecule has 0 atom stereocenters. The molecule has 3 rings (SSSR count). The highest BCUT2D eigenvalue weighted by molar-refractivity contribution is 5.63. The number of aromatic nitrogens is 4. The van der Waals surface area contributed by atoms with Gasteiger partial charge in [-0.1, -0.05) is 0 Å². The van der Waals surface area contributed by atoms with Gasteiger partial charge < -0.3 is 10.5 Å². The highest BCUT2D eigenvalue weighted by Crippen LogP contribution is 2.32. The molecule has 0 saturated heterocycles. The molecule has 0 aliphatic carbocycles. The fraction of sp³-hybridized carbons (Fsp3) is 0.0667. The van der Waals surface area contributed by atoms with Crippen molar-refractivity contribution in [2.75, 3.05) is 5.73 Å². The molecule has 122 valence electrons. The maximum absolute atomic E-state index is 12.6. The first-order valence-corrected chi connectivity index (χ1v) is 6.67. The maximum Gasteiger partial charge on any atom is 0.416 e. The average molecular weight is 333 g/mol. The van der Waals surface area contributed by atoms with E-state index in [1.165, 1.54) is 36.9 Å². The van der Waals surface area contributed by atoms with E-state index < -0.39 is 11.7 Å². The van der Waals surface area contributed by atoms with Crippen LogP contribution in [0.4, 0.5) is 19.1 Å². The molecule has 0 bridgehead atoms. The monoisotopic (exact) mass is 333 g/mol. The zero-order chi connectivity index (χ0) is 17.2. The number of anilines is 1. The molecule has 0 radical (unpaired) electrons. The first-order chi connectivity index (χ1) is 11.4.